The Morgan fingerprint density at radius 1 is 1.24 bits per heavy atom. The van der Waals surface area contributed by atoms with E-state index >= 15 is 0 Å². The van der Waals surface area contributed by atoms with Crippen molar-refractivity contribution in [1.29, 1.82) is 0 Å². The maximum Gasteiger partial charge on any atom is 0.243 e. The minimum atomic E-state index is -3.46. The highest BCUT2D eigenvalue weighted by Gasteiger charge is 2.35. The number of rotatable bonds is 3. The van der Waals surface area contributed by atoms with Crippen LogP contribution in [0.3, 0.4) is 0 Å². The highest BCUT2D eigenvalue weighted by Crippen LogP contribution is 2.32. The molecule has 0 radical (unpaired) electrons. The zero-order valence-electron chi connectivity index (χ0n) is 14.3. The third kappa shape index (κ3) is 2.73. The Balaban J connectivity index is 1.63. The molecule has 4 rings (SSSR count). The van der Waals surface area contributed by atoms with Gasteiger partial charge in [-0.3, -0.25) is 4.98 Å². The molecule has 6 nitrogen and oxygen atoms in total. The smallest absolute Gasteiger partial charge is 0.243 e. The summed E-state index contributed by atoms with van der Waals surface area (Å²) in [6.45, 7) is 2.88. The molecular weight excluding hydrogens is 336 g/mol. The van der Waals surface area contributed by atoms with Crippen LogP contribution in [0.2, 0.25) is 0 Å². The van der Waals surface area contributed by atoms with Gasteiger partial charge in [-0.1, -0.05) is 12.1 Å². The van der Waals surface area contributed by atoms with Crippen LogP contribution in [0.5, 0.6) is 0 Å². The molecule has 1 atom stereocenters. The number of pyridine rings is 1. The molecule has 0 saturated carbocycles. The molecule has 2 aromatic heterocycles. The molecular formula is C18H20N4O2S. The van der Waals surface area contributed by atoms with E-state index in [1.165, 1.54) is 0 Å². The summed E-state index contributed by atoms with van der Waals surface area (Å²) in [5.41, 5.74) is 2.81. The summed E-state index contributed by atoms with van der Waals surface area (Å²) in [6, 6.07) is 8.96. The molecule has 7 heteroatoms. The molecule has 0 spiro atoms. The number of benzene rings is 1. The molecule has 3 aromatic rings. The lowest BCUT2D eigenvalue weighted by Gasteiger charge is -2.17. The van der Waals surface area contributed by atoms with E-state index in [1.807, 2.05) is 30.7 Å². The Morgan fingerprint density at radius 2 is 2.08 bits per heavy atom. The Labute approximate surface area is 147 Å². The van der Waals surface area contributed by atoms with Crippen LogP contribution in [-0.2, 0) is 17.1 Å². The first-order valence-electron chi connectivity index (χ1n) is 8.30. The summed E-state index contributed by atoms with van der Waals surface area (Å²) >= 11 is 0. The van der Waals surface area contributed by atoms with Crippen molar-refractivity contribution < 1.29 is 8.42 Å². The minimum absolute atomic E-state index is 0.0944. The van der Waals surface area contributed by atoms with Crippen LogP contribution in [0.1, 0.15) is 23.7 Å². The minimum Gasteiger partial charge on any atom is -0.330 e. The van der Waals surface area contributed by atoms with Crippen LogP contribution in [0.4, 0.5) is 0 Å². The van der Waals surface area contributed by atoms with Crippen molar-refractivity contribution in [2.45, 2.75) is 24.2 Å². The maximum atomic E-state index is 12.9. The normalized spacial score (nSPS) is 18.9. The maximum absolute atomic E-state index is 12.9. The standard InChI is InChI=1S/C18H20N4O2S/c1-13-4-3-5-15(10-13)25(23,24)22-9-7-14(12-22)18-20-16-6-8-19-11-17(16)21(18)2/h3-6,8,10-11,14H,7,9,12H2,1-2H3. The monoisotopic (exact) mass is 356 g/mol. The molecule has 1 fully saturated rings. The van der Waals surface area contributed by atoms with E-state index in [1.54, 1.807) is 34.9 Å². The summed E-state index contributed by atoms with van der Waals surface area (Å²) in [5.74, 6) is 1.02. The second kappa shape index (κ2) is 5.93. The molecule has 3 heterocycles. The molecule has 25 heavy (non-hydrogen) atoms. The summed E-state index contributed by atoms with van der Waals surface area (Å²) in [7, 11) is -1.50. The predicted octanol–water partition coefficient (Wildman–Crippen LogP) is 2.45. The van der Waals surface area contributed by atoms with Crippen LogP contribution >= 0.6 is 0 Å². The predicted molar refractivity (Wildman–Crippen MR) is 95.8 cm³/mol. The van der Waals surface area contributed by atoms with Crippen molar-refractivity contribution in [2.24, 2.45) is 7.05 Å². The van der Waals surface area contributed by atoms with Crippen molar-refractivity contribution in [1.82, 2.24) is 18.8 Å². The average Bonchev–Trinajstić information content (AvgIpc) is 3.21. The number of hydrogen-bond acceptors (Lipinski definition) is 4. The fourth-order valence-electron chi connectivity index (χ4n) is 3.50. The Hall–Kier alpha value is -2.25. The van der Waals surface area contributed by atoms with E-state index in [0.29, 0.717) is 18.0 Å². The number of imidazole rings is 1. The summed E-state index contributed by atoms with van der Waals surface area (Å²) in [6.07, 6.45) is 4.29. The quantitative estimate of drug-likeness (QED) is 0.723. The number of aromatic nitrogens is 3. The third-order valence-electron chi connectivity index (χ3n) is 4.86. The van der Waals surface area contributed by atoms with Crippen LogP contribution < -0.4 is 0 Å². The Morgan fingerprint density at radius 3 is 2.84 bits per heavy atom. The lowest BCUT2D eigenvalue weighted by Crippen LogP contribution is -2.29. The van der Waals surface area contributed by atoms with Crippen LogP contribution in [0.25, 0.3) is 11.0 Å². The number of sulfonamides is 1. The van der Waals surface area contributed by atoms with E-state index in [4.69, 9.17) is 4.98 Å². The average molecular weight is 356 g/mol. The van der Waals surface area contributed by atoms with Gasteiger partial charge in [-0.25, -0.2) is 13.4 Å². The van der Waals surface area contributed by atoms with Gasteiger partial charge >= 0.3 is 0 Å². The van der Waals surface area contributed by atoms with Crippen molar-refractivity contribution >= 4 is 21.1 Å². The van der Waals surface area contributed by atoms with Gasteiger partial charge in [-0.15, -0.1) is 0 Å². The second-order valence-electron chi connectivity index (χ2n) is 6.56. The number of hydrogen-bond donors (Lipinski definition) is 0. The summed E-state index contributed by atoms with van der Waals surface area (Å²) in [4.78, 5) is 9.21. The lowest BCUT2D eigenvalue weighted by atomic mass is 10.1. The fourth-order valence-corrected chi connectivity index (χ4v) is 5.11. The zero-order chi connectivity index (χ0) is 17.6. The van der Waals surface area contributed by atoms with Gasteiger partial charge in [0.05, 0.1) is 22.1 Å². The number of fused-ring (bicyclic) bond motifs is 1. The third-order valence-corrected chi connectivity index (χ3v) is 6.72. The van der Waals surface area contributed by atoms with Gasteiger partial charge in [0.2, 0.25) is 10.0 Å². The van der Waals surface area contributed by atoms with Gasteiger partial charge < -0.3 is 4.57 Å². The first kappa shape index (κ1) is 16.2. The molecule has 1 unspecified atom stereocenters. The molecule has 130 valence electrons. The van der Waals surface area contributed by atoms with Crippen molar-refractivity contribution in [3.8, 4) is 0 Å². The van der Waals surface area contributed by atoms with Crippen molar-refractivity contribution in [2.75, 3.05) is 13.1 Å². The largest absolute Gasteiger partial charge is 0.330 e. The molecule has 1 aliphatic heterocycles. The zero-order valence-corrected chi connectivity index (χ0v) is 15.1. The Bertz CT molecular complexity index is 1040. The second-order valence-corrected chi connectivity index (χ2v) is 8.50. The van der Waals surface area contributed by atoms with Gasteiger partial charge in [-0.2, -0.15) is 4.31 Å². The molecule has 0 N–H and O–H groups in total. The first-order valence-corrected chi connectivity index (χ1v) is 9.74. The van der Waals surface area contributed by atoms with Gasteiger partial charge in [0.1, 0.15) is 5.82 Å². The van der Waals surface area contributed by atoms with Crippen LogP contribution in [-0.4, -0.2) is 40.3 Å². The van der Waals surface area contributed by atoms with Crippen molar-refractivity contribution in [3.63, 3.8) is 0 Å². The van der Waals surface area contributed by atoms with Crippen molar-refractivity contribution in [3.05, 3.63) is 54.1 Å². The summed E-state index contributed by atoms with van der Waals surface area (Å²) in [5, 5.41) is 0. The topological polar surface area (TPSA) is 68.1 Å². The molecule has 1 aromatic carbocycles. The van der Waals surface area contributed by atoms with Crippen LogP contribution in [0.15, 0.2) is 47.6 Å². The molecule has 0 amide bonds. The van der Waals surface area contributed by atoms with E-state index < -0.39 is 10.0 Å². The number of nitrogens with zero attached hydrogens (tertiary/aromatic N) is 4. The molecule has 1 aliphatic rings. The van der Waals surface area contributed by atoms with E-state index in [9.17, 15) is 8.42 Å². The summed E-state index contributed by atoms with van der Waals surface area (Å²) < 4.78 is 29.4. The highest BCUT2D eigenvalue weighted by atomic mass is 32.2. The molecule has 0 bridgehead atoms. The SMILES string of the molecule is Cc1cccc(S(=O)(=O)N2CCC(c3nc4ccncc4n3C)C2)c1. The highest BCUT2D eigenvalue weighted by molar-refractivity contribution is 7.89. The molecule has 0 aliphatic carbocycles. The van der Waals surface area contributed by atoms with Gasteiger partial charge in [0.25, 0.3) is 0 Å². The van der Waals surface area contributed by atoms with Crippen LogP contribution in [0, 0.1) is 6.92 Å². The first-order chi connectivity index (χ1) is 12.0. The van der Waals surface area contributed by atoms with Gasteiger partial charge in [0, 0.05) is 32.3 Å². The lowest BCUT2D eigenvalue weighted by molar-refractivity contribution is 0.470. The van der Waals surface area contributed by atoms with E-state index in [0.717, 1.165) is 28.8 Å². The van der Waals surface area contributed by atoms with Gasteiger partial charge in [-0.05, 0) is 37.1 Å². The molecule has 1 saturated heterocycles. The van der Waals surface area contributed by atoms with E-state index in [2.05, 4.69) is 4.98 Å². The number of aryl methyl sites for hydroxylation is 2. The van der Waals surface area contributed by atoms with Gasteiger partial charge in [0.15, 0.2) is 0 Å². The fraction of sp³-hybridized carbons (Fsp3) is 0.333. The van der Waals surface area contributed by atoms with E-state index in [-0.39, 0.29) is 5.92 Å². The Kier molecular flexibility index (Phi) is 3.85.